The van der Waals surface area contributed by atoms with Gasteiger partial charge in [0.2, 0.25) is 0 Å². The van der Waals surface area contributed by atoms with Gasteiger partial charge >= 0.3 is 29.6 Å². The predicted molar refractivity (Wildman–Crippen MR) is 134 cm³/mol. The van der Waals surface area contributed by atoms with Crippen LogP contribution < -0.4 is 34.7 Å². The molecule has 0 N–H and O–H groups in total. The van der Waals surface area contributed by atoms with E-state index < -0.39 is 17.6 Å². The molecular formula is C28H19F2N2NaO2S. The maximum Gasteiger partial charge on any atom is 1.00 e. The molecule has 0 fully saturated rings. The summed E-state index contributed by atoms with van der Waals surface area (Å²) in [7, 11) is 0. The van der Waals surface area contributed by atoms with Crippen LogP contribution in [0.25, 0.3) is 35.2 Å². The fourth-order valence-corrected chi connectivity index (χ4v) is 5.29. The third-order valence-electron chi connectivity index (χ3n) is 5.75. The molecule has 2 heterocycles. The van der Waals surface area contributed by atoms with Crippen LogP contribution in [0.3, 0.4) is 0 Å². The fraction of sp³-hybridized carbons (Fsp3) is 0.107. The molecule has 0 spiro atoms. The number of carbonyl (C=O) groups excluding carboxylic acids is 1. The van der Waals surface area contributed by atoms with Crippen LogP contribution in [0.4, 0.5) is 8.78 Å². The number of thioether (sulfide) groups is 1. The molecule has 0 bridgehead atoms. The molecule has 2 aromatic heterocycles. The summed E-state index contributed by atoms with van der Waals surface area (Å²) in [4.78, 5) is 20.0. The molecule has 4 nitrogen and oxygen atoms in total. The topological polar surface area (TPSA) is 65.9 Å². The number of carboxylic acids is 1. The maximum absolute atomic E-state index is 13.6. The standard InChI is InChI=1S/C28H20F2N2O2S.Na/c29-23-15-20-8-10-21(32-25(20)16-24(23)30)9-4-17-3-5-18-6-7-19-2-1-12-31-27(19)28(22(18)14-17)35-13-11-26(33)34;/h1-10,12,14-16,28H,11,13H2,(H,33,34);/q;+1/p-1/b9-4+;. The summed E-state index contributed by atoms with van der Waals surface area (Å²) >= 11 is 1.53. The summed E-state index contributed by atoms with van der Waals surface area (Å²) < 4.78 is 27.1. The van der Waals surface area contributed by atoms with Crippen molar-refractivity contribution < 1.29 is 48.2 Å². The molecule has 0 aliphatic heterocycles. The van der Waals surface area contributed by atoms with Gasteiger partial charge in [-0.1, -0.05) is 42.5 Å². The second-order valence-corrected chi connectivity index (χ2v) is 9.31. The zero-order valence-corrected chi connectivity index (χ0v) is 22.3. The Hall–Kier alpha value is -2.84. The van der Waals surface area contributed by atoms with E-state index in [0.717, 1.165) is 40.1 Å². The van der Waals surface area contributed by atoms with Crippen LogP contribution in [0.5, 0.6) is 0 Å². The van der Waals surface area contributed by atoms with Crippen LogP contribution in [-0.4, -0.2) is 21.7 Å². The van der Waals surface area contributed by atoms with E-state index in [2.05, 4.69) is 16.0 Å². The van der Waals surface area contributed by atoms with E-state index in [1.54, 1.807) is 18.3 Å². The number of hydrogen-bond acceptors (Lipinski definition) is 5. The van der Waals surface area contributed by atoms with Crippen molar-refractivity contribution in [3.05, 3.63) is 106 Å². The van der Waals surface area contributed by atoms with Crippen molar-refractivity contribution in [1.29, 1.82) is 0 Å². The van der Waals surface area contributed by atoms with Gasteiger partial charge in [0.15, 0.2) is 11.6 Å². The number of rotatable bonds is 6. The van der Waals surface area contributed by atoms with E-state index in [9.17, 15) is 18.7 Å². The van der Waals surface area contributed by atoms with Crippen LogP contribution in [0.15, 0.2) is 60.8 Å². The second-order valence-electron chi connectivity index (χ2n) is 8.10. The number of nitrogens with zero attached hydrogens (tertiary/aromatic N) is 2. The Kier molecular flexibility index (Phi) is 8.36. The van der Waals surface area contributed by atoms with Gasteiger partial charge < -0.3 is 9.90 Å². The Morgan fingerprint density at radius 1 is 1.00 bits per heavy atom. The summed E-state index contributed by atoms with van der Waals surface area (Å²) in [5.74, 6) is -2.50. The molecule has 0 saturated carbocycles. The van der Waals surface area contributed by atoms with E-state index in [-0.39, 0.29) is 41.2 Å². The van der Waals surface area contributed by atoms with Crippen molar-refractivity contribution in [3.63, 3.8) is 0 Å². The first-order valence-corrected chi connectivity index (χ1v) is 12.0. The van der Waals surface area contributed by atoms with Gasteiger partial charge in [-0.3, -0.25) is 4.98 Å². The van der Waals surface area contributed by atoms with Crippen molar-refractivity contribution in [3.8, 4) is 0 Å². The first-order valence-electron chi connectivity index (χ1n) is 11.0. The van der Waals surface area contributed by atoms with Gasteiger partial charge in [0, 0.05) is 23.6 Å². The number of aliphatic carboxylic acids is 1. The van der Waals surface area contributed by atoms with E-state index in [0.29, 0.717) is 22.3 Å². The first-order chi connectivity index (χ1) is 17.0. The third kappa shape index (κ3) is 5.76. The molecule has 2 aromatic carbocycles. The van der Waals surface area contributed by atoms with Crippen LogP contribution >= 0.6 is 11.8 Å². The maximum atomic E-state index is 13.6. The Bertz CT molecular complexity index is 1510. The SMILES string of the molecule is O=C([O-])CCSC1c2cc(/C=C/c3ccc4cc(F)c(F)cc4n3)ccc2C=Cc2cccnc21.[Na+]. The molecule has 0 saturated heterocycles. The third-order valence-corrected chi connectivity index (χ3v) is 7.00. The molecule has 8 heteroatoms. The number of benzene rings is 2. The van der Waals surface area contributed by atoms with Gasteiger partial charge in [-0.2, -0.15) is 0 Å². The average molecular weight is 509 g/mol. The number of fused-ring (bicyclic) bond motifs is 3. The molecule has 1 unspecified atom stereocenters. The molecule has 1 atom stereocenters. The van der Waals surface area contributed by atoms with Gasteiger partial charge in [-0.05, 0) is 64.8 Å². The molecule has 4 aromatic rings. The zero-order chi connectivity index (χ0) is 24.4. The Balaban J connectivity index is 0.00000304. The second kappa shape index (κ2) is 11.5. The van der Waals surface area contributed by atoms with Crippen molar-refractivity contribution in [2.24, 2.45) is 0 Å². The quantitative estimate of drug-likeness (QED) is 0.375. The van der Waals surface area contributed by atoms with Gasteiger partial charge in [0.1, 0.15) is 0 Å². The number of aromatic nitrogens is 2. The molecule has 0 radical (unpaired) electrons. The number of hydrogen-bond donors (Lipinski definition) is 0. The largest absolute Gasteiger partial charge is 1.00 e. The van der Waals surface area contributed by atoms with Crippen LogP contribution in [0.1, 0.15) is 45.3 Å². The first kappa shape index (κ1) is 26.2. The van der Waals surface area contributed by atoms with Crippen LogP contribution in [-0.2, 0) is 4.79 Å². The predicted octanol–water partition coefficient (Wildman–Crippen LogP) is 2.53. The van der Waals surface area contributed by atoms with Gasteiger partial charge in [-0.15, -0.1) is 11.8 Å². The summed E-state index contributed by atoms with van der Waals surface area (Å²) in [6, 6.07) is 15.6. The molecule has 36 heavy (non-hydrogen) atoms. The Labute approximate surface area is 233 Å². The molecular weight excluding hydrogens is 489 g/mol. The molecule has 0 amide bonds. The fourth-order valence-electron chi connectivity index (χ4n) is 4.03. The number of carboxylic acid groups (broad SMARTS) is 1. The van der Waals surface area contributed by atoms with E-state index >= 15 is 0 Å². The number of pyridine rings is 2. The van der Waals surface area contributed by atoms with Crippen molar-refractivity contribution in [2.75, 3.05) is 5.75 Å². The molecule has 5 rings (SSSR count). The van der Waals surface area contributed by atoms with E-state index in [1.807, 2.05) is 48.6 Å². The summed E-state index contributed by atoms with van der Waals surface area (Å²) in [6.45, 7) is 0. The van der Waals surface area contributed by atoms with Crippen molar-refractivity contribution in [1.82, 2.24) is 9.97 Å². The number of halogens is 2. The minimum Gasteiger partial charge on any atom is -0.550 e. The van der Waals surface area contributed by atoms with Crippen molar-refractivity contribution in [2.45, 2.75) is 11.7 Å². The van der Waals surface area contributed by atoms with Crippen molar-refractivity contribution >= 4 is 52.9 Å². The van der Waals surface area contributed by atoms with Crippen LogP contribution in [0.2, 0.25) is 0 Å². The summed E-state index contributed by atoms with van der Waals surface area (Å²) in [5.41, 5.74) is 5.87. The van der Waals surface area contributed by atoms with Gasteiger partial charge in [-0.25, -0.2) is 13.8 Å². The molecule has 1 aliphatic rings. The van der Waals surface area contributed by atoms with Crippen LogP contribution in [0, 0.1) is 11.6 Å². The Morgan fingerprint density at radius 2 is 1.81 bits per heavy atom. The summed E-state index contributed by atoms with van der Waals surface area (Å²) in [6.07, 6.45) is 9.50. The molecule has 174 valence electrons. The van der Waals surface area contributed by atoms with Gasteiger partial charge in [0.25, 0.3) is 0 Å². The summed E-state index contributed by atoms with van der Waals surface area (Å²) in [5, 5.41) is 11.4. The zero-order valence-electron chi connectivity index (χ0n) is 19.4. The normalized spacial score (nSPS) is 14.2. The number of carbonyl (C=O) groups is 1. The average Bonchev–Trinajstić information content (AvgIpc) is 3.00. The minimum absolute atomic E-state index is 0. The minimum atomic E-state index is -1.08. The monoisotopic (exact) mass is 508 g/mol. The molecule has 1 aliphatic carbocycles. The van der Waals surface area contributed by atoms with E-state index in [1.165, 1.54) is 11.8 Å². The van der Waals surface area contributed by atoms with Gasteiger partial charge in [0.05, 0.1) is 22.2 Å². The van der Waals surface area contributed by atoms with E-state index in [4.69, 9.17) is 0 Å². The Morgan fingerprint density at radius 3 is 2.64 bits per heavy atom. The smallest absolute Gasteiger partial charge is 0.550 e.